The lowest BCUT2D eigenvalue weighted by Gasteiger charge is -2.14. The molecule has 0 amide bonds. The lowest BCUT2D eigenvalue weighted by atomic mass is 10.1. The zero-order valence-electron chi connectivity index (χ0n) is 10.7. The van der Waals surface area contributed by atoms with Crippen LogP contribution in [-0.2, 0) is 6.61 Å². The molecule has 0 aliphatic heterocycles. The molecule has 0 saturated heterocycles. The molecule has 2 aromatic carbocycles. The molecule has 1 atom stereocenters. The van der Waals surface area contributed by atoms with Crippen LogP contribution < -0.4 is 4.74 Å². The molecular weight excluding hydrogens is 302 g/mol. The molecule has 1 N–H and O–H groups in total. The second-order valence-electron chi connectivity index (χ2n) is 4.38. The zero-order chi connectivity index (χ0) is 14.7. The van der Waals surface area contributed by atoms with Gasteiger partial charge in [0.1, 0.15) is 18.2 Å². The molecule has 0 heterocycles. The smallest absolute Gasteiger partial charge is 0.125 e. The van der Waals surface area contributed by atoms with Crippen LogP contribution in [0.5, 0.6) is 5.75 Å². The molecule has 2 rings (SSSR count). The largest absolute Gasteiger partial charge is 0.488 e. The van der Waals surface area contributed by atoms with Gasteiger partial charge in [0.15, 0.2) is 0 Å². The van der Waals surface area contributed by atoms with Crippen molar-refractivity contribution in [3.8, 4) is 5.75 Å². The topological polar surface area (TPSA) is 29.5 Å². The van der Waals surface area contributed by atoms with Crippen LogP contribution in [-0.4, -0.2) is 5.11 Å². The van der Waals surface area contributed by atoms with Crippen molar-refractivity contribution < 1.29 is 14.2 Å². The van der Waals surface area contributed by atoms with Crippen LogP contribution in [0.4, 0.5) is 4.39 Å². The van der Waals surface area contributed by atoms with Gasteiger partial charge in [-0.1, -0.05) is 23.2 Å². The van der Waals surface area contributed by atoms with Gasteiger partial charge in [-0.05, 0) is 43.3 Å². The minimum Gasteiger partial charge on any atom is -0.488 e. The van der Waals surface area contributed by atoms with Gasteiger partial charge in [-0.25, -0.2) is 4.39 Å². The monoisotopic (exact) mass is 314 g/mol. The first-order valence-corrected chi connectivity index (χ1v) is 6.77. The molecular formula is C15H13Cl2FO2. The number of aliphatic hydroxyl groups is 1. The molecule has 20 heavy (non-hydrogen) atoms. The van der Waals surface area contributed by atoms with Crippen molar-refractivity contribution in [1.29, 1.82) is 0 Å². The highest BCUT2D eigenvalue weighted by molar-refractivity contribution is 6.31. The summed E-state index contributed by atoms with van der Waals surface area (Å²) >= 11 is 11.9. The number of benzene rings is 2. The van der Waals surface area contributed by atoms with Crippen molar-refractivity contribution in [3.05, 3.63) is 63.4 Å². The number of ether oxygens (including phenoxy) is 1. The number of hydrogen-bond acceptors (Lipinski definition) is 2. The maximum atomic E-state index is 13.2. The molecule has 0 bridgehead atoms. The molecule has 0 fully saturated rings. The molecule has 0 aromatic heterocycles. The average Bonchev–Trinajstić information content (AvgIpc) is 2.40. The predicted octanol–water partition coefficient (Wildman–Crippen LogP) is 4.76. The fourth-order valence-corrected chi connectivity index (χ4v) is 2.14. The molecule has 0 spiro atoms. The Morgan fingerprint density at radius 3 is 2.65 bits per heavy atom. The third kappa shape index (κ3) is 3.63. The van der Waals surface area contributed by atoms with E-state index in [4.69, 9.17) is 27.9 Å². The van der Waals surface area contributed by atoms with Crippen LogP contribution in [0.1, 0.15) is 24.2 Å². The fourth-order valence-electron chi connectivity index (χ4n) is 1.79. The molecule has 0 radical (unpaired) electrons. The van der Waals surface area contributed by atoms with Crippen molar-refractivity contribution in [3.63, 3.8) is 0 Å². The Morgan fingerprint density at radius 1 is 1.20 bits per heavy atom. The van der Waals surface area contributed by atoms with Crippen LogP contribution in [0.3, 0.4) is 0 Å². The van der Waals surface area contributed by atoms with Gasteiger partial charge in [-0.3, -0.25) is 0 Å². The lowest BCUT2D eigenvalue weighted by Crippen LogP contribution is -2.02. The van der Waals surface area contributed by atoms with Gasteiger partial charge >= 0.3 is 0 Å². The Morgan fingerprint density at radius 2 is 1.95 bits per heavy atom. The summed E-state index contributed by atoms with van der Waals surface area (Å²) in [5.41, 5.74) is 1.11. The summed E-state index contributed by atoms with van der Waals surface area (Å²) in [7, 11) is 0. The van der Waals surface area contributed by atoms with Crippen LogP contribution in [0, 0.1) is 5.82 Å². The lowest BCUT2D eigenvalue weighted by molar-refractivity contribution is 0.190. The highest BCUT2D eigenvalue weighted by Gasteiger charge is 2.11. The summed E-state index contributed by atoms with van der Waals surface area (Å²) < 4.78 is 18.8. The Kier molecular flexibility index (Phi) is 4.86. The maximum absolute atomic E-state index is 13.2. The first-order chi connectivity index (χ1) is 9.47. The highest BCUT2D eigenvalue weighted by Crippen LogP contribution is 2.29. The molecule has 2 nitrogen and oxygen atoms in total. The van der Waals surface area contributed by atoms with E-state index in [1.54, 1.807) is 25.1 Å². The van der Waals surface area contributed by atoms with Crippen molar-refractivity contribution in [2.24, 2.45) is 0 Å². The third-order valence-corrected chi connectivity index (χ3v) is 3.42. The summed E-state index contributed by atoms with van der Waals surface area (Å²) in [5, 5.41) is 10.6. The van der Waals surface area contributed by atoms with Gasteiger partial charge in [-0.15, -0.1) is 0 Å². The Labute approximate surface area is 126 Å². The number of halogens is 3. The quantitative estimate of drug-likeness (QED) is 0.881. The van der Waals surface area contributed by atoms with E-state index < -0.39 is 6.10 Å². The minimum atomic E-state index is -0.716. The SMILES string of the molecule is C[C@@H](O)c1cc(Cl)ccc1OCc1cc(F)ccc1Cl. The standard InChI is InChI=1S/C15H13Cl2FO2/c1-9(19)13-7-11(16)2-5-15(13)20-8-10-6-12(18)3-4-14(10)17/h2-7,9,19H,8H2,1H3/t9-/m1/s1. The van der Waals surface area contributed by atoms with E-state index in [0.717, 1.165) is 0 Å². The normalized spacial score (nSPS) is 12.2. The molecule has 0 aliphatic rings. The minimum absolute atomic E-state index is 0.109. The Balaban J connectivity index is 2.20. The van der Waals surface area contributed by atoms with E-state index in [9.17, 15) is 9.50 Å². The van der Waals surface area contributed by atoms with Gasteiger partial charge < -0.3 is 9.84 Å². The van der Waals surface area contributed by atoms with Crippen LogP contribution in [0.25, 0.3) is 0 Å². The summed E-state index contributed by atoms with van der Waals surface area (Å²) in [6.07, 6.45) is -0.716. The second kappa shape index (κ2) is 6.44. The number of rotatable bonds is 4. The van der Waals surface area contributed by atoms with E-state index in [-0.39, 0.29) is 12.4 Å². The number of aliphatic hydroxyl groups excluding tert-OH is 1. The van der Waals surface area contributed by atoms with Crippen LogP contribution >= 0.6 is 23.2 Å². The van der Waals surface area contributed by atoms with E-state index in [1.165, 1.54) is 18.2 Å². The molecule has 106 valence electrons. The zero-order valence-corrected chi connectivity index (χ0v) is 12.2. The van der Waals surface area contributed by atoms with E-state index >= 15 is 0 Å². The van der Waals surface area contributed by atoms with Crippen molar-refractivity contribution in [2.45, 2.75) is 19.6 Å². The molecule has 0 unspecified atom stereocenters. The van der Waals surface area contributed by atoms with Gasteiger partial charge in [0.2, 0.25) is 0 Å². The molecule has 2 aromatic rings. The molecule has 0 aliphatic carbocycles. The summed E-state index contributed by atoms with van der Waals surface area (Å²) in [6, 6.07) is 9.05. The fraction of sp³-hybridized carbons (Fsp3) is 0.200. The van der Waals surface area contributed by atoms with E-state index in [0.29, 0.717) is 26.9 Å². The molecule has 0 saturated carbocycles. The van der Waals surface area contributed by atoms with Gasteiger partial charge in [0, 0.05) is 21.2 Å². The Hall–Kier alpha value is -1.29. The summed E-state index contributed by atoms with van der Waals surface area (Å²) in [5.74, 6) is 0.115. The predicted molar refractivity (Wildman–Crippen MR) is 77.8 cm³/mol. The van der Waals surface area contributed by atoms with Gasteiger partial charge in [0.05, 0.1) is 6.10 Å². The summed E-state index contributed by atoms with van der Waals surface area (Å²) in [4.78, 5) is 0. The van der Waals surface area contributed by atoms with Crippen molar-refractivity contribution >= 4 is 23.2 Å². The second-order valence-corrected chi connectivity index (χ2v) is 5.23. The first kappa shape index (κ1) is 15.1. The third-order valence-electron chi connectivity index (χ3n) is 2.81. The van der Waals surface area contributed by atoms with Crippen LogP contribution in [0.15, 0.2) is 36.4 Å². The van der Waals surface area contributed by atoms with Gasteiger partial charge in [-0.2, -0.15) is 0 Å². The van der Waals surface area contributed by atoms with E-state index in [1.807, 2.05) is 0 Å². The van der Waals surface area contributed by atoms with E-state index in [2.05, 4.69) is 0 Å². The van der Waals surface area contributed by atoms with Crippen molar-refractivity contribution in [1.82, 2.24) is 0 Å². The maximum Gasteiger partial charge on any atom is 0.125 e. The first-order valence-electron chi connectivity index (χ1n) is 6.01. The average molecular weight is 315 g/mol. The van der Waals surface area contributed by atoms with Crippen LogP contribution in [0.2, 0.25) is 10.0 Å². The Bertz CT molecular complexity index is 615. The van der Waals surface area contributed by atoms with Crippen molar-refractivity contribution in [2.75, 3.05) is 0 Å². The van der Waals surface area contributed by atoms with Gasteiger partial charge in [0.25, 0.3) is 0 Å². The summed E-state index contributed by atoms with van der Waals surface area (Å²) in [6.45, 7) is 1.73. The molecule has 5 heteroatoms. The highest BCUT2D eigenvalue weighted by atomic mass is 35.5. The number of hydrogen-bond donors (Lipinski definition) is 1.